The van der Waals surface area contributed by atoms with Crippen molar-refractivity contribution in [2.45, 2.75) is 64.0 Å². The van der Waals surface area contributed by atoms with Crippen LogP contribution in [0.5, 0.6) is 0 Å². The van der Waals surface area contributed by atoms with Crippen LogP contribution < -0.4 is 0 Å². The zero-order chi connectivity index (χ0) is 12.4. The molecule has 0 aliphatic carbocycles. The molecule has 16 heavy (non-hydrogen) atoms. The molecule has 1 saturated heterocycles. The number of hydrogen-bond donors (Lipinski definition) is 0. The molecule has 2 nitrogen and oxygen atoms in total. The van der Waals surface area contributed by atoms with Gasteiger partial charge in [-0.3, -0.25) is 0 Å². The smallest absolute Gasteiger partial charge is 0.192 e. The summed E-state index contributed by atoms with van der Waals surface area (Å²) < 4.78 is 11.7. The lowest BCUT2D eigenvalue weighted by atomic mass is 10.1. The van der Waals surface area contributed by atoms with Crippen LogP contribution in [0.3, 0.4) is 0 Å². The van der Waals surface area contributed by atoms with E-state index in [0.29, 0.717) is 12.2 Å². The zero-order valence-corrected chi connectivity index (χ0v) is 12.4. The molecule has 0 spiro atoms. The highest BCUT2D eigenvalue weighted by Crippen LogP contribution is 2.38. The molecule has 0 bridgehead atoms. The Bertz CT molecular complexity index is 239. The summed E-state index contributed by atoms with van der Waals surface area (Å²) in [7, 11) is -1.65. The molecule has 1 heterocycles. The van der Waals surface area contributed by atoms with Crippen LogP contribution in [-0.4, -0.2) is 27.1 Å². The highest BCUT2D eigenvalue weighted by molar-refractivity contribution is 6.74. The molecule has 0 aromatic carbocycles. The predicted molar refractivity (Wildman–Crippen MR) is 71.2 cm³/mol. The van der Waals surface area contributed by atoms with Crippen LogP contribution in [-0.2, 0) is 9.16 Å². The predicted octanol–water partition coefficient (Wildman–Crippen LogP) is 3.74. The van der Waals surface area contributed by atoms with Crippen LogP contribution in [0, 0.1) is 0 Å². The average molecular weight is 242 g/mol. The van der Waals surface area contributed by atoms with Crippen molar-refractivity contribution in [3.8, 4) is 0 Å². The maximum absolute atomic E-state index is 6.38. The van der Waals surface area contributed by atoms with E-state index in [4.69, 9.17) is 9.16 Å². The maximum Gasteiger partial charge on any atom is 0.192 e. The molecule has 0 saturated carbocycles. The molecule has 1 aliphatic rings. The van der Waals surface area contributed by atoms with Crippen LogP contribution in [0.2, 0.25) is 18.1 Å². The van der Waals surface area contributed by atoms with Gasteiger partial charge in [-0.2, -0.15) is 0 Å². The molecule has 1 fully saturated rings. The summed E-state index contributed by atoms with van der Waals surface area (Å²) in [5, 5.41) is 0.275. The van der Waals surface area contributed by atoms with Gasteiger partial charge in [0.05, 0.1) is 18.8 Å². The molecule has 2 atom stereocenters. The topological polar surface area (TPSA) is 21.8 Å². The number of ether oxygens (including phenoxy) is 1. The minimum Gasteiger partial charge on any atom is -0.414 e. The van der Waals surface area contributed by atoms with Gasteiger partial charge >= 0.3 is 0 Å². The summed E-state index contributed by atoms with van der Waals surface area (Å²) in [5.41, 5.74) is 0. The fraction of sp³-hybridized carbons (Fsp3) is 0.846. The van der Waals surface area contributed by atoms with Crippen molar-refractivity contribution >= 4 is 8.32 Å². The Hall–Kier alpha value is -0.123. The standard InChI is InChI=1S/C13H26O2Si/c1-7-8-11(9-12-10-14-12)15-16(5,6)13(2,3)4/h7,11-12H,1,8-10H2,2-6H3/t11-,12-/m0/s1. The minimum absolute atomic E-state index is 0.275. The lowest BCUT2D eigenvalue weighted by Crippen LogP contribution is -2.44. The summed E-state index contributed by atoms with van der Waals surface area (Å²) in [6.07, 6.45) is 4.66. The summed E-state index contributed by atoms with van der Waals surface area (Å²) in [6, 6.07) is 0. The van der Waals surface area contributed by atoms with E-state index in [-0.39, 0.29) is 5.04 Å². The third kappa shape index (κ3) is 4.04. The third-order valence-corrected chi connectivity index (χ3v) is 8.16. The first kappa shape index (κ1) is 13.9. The summed E-state index contributed by atoms with van der Waals surface area (Å²) in [6.45, 7) is 16.2. The fourth-order valence-electron chi connectivity index (χ4n) is 1.47. The van der Waals surface area contributed by atoms with Gasteiger partial charge in [0.25, 0.3) is 0 Å². The van der Waals surface area contributed by atoms with Gasteiger partial charge in [0.1, 0.15) is 0 Å². The second-order valence-electron chi connectivity index (χ2n) is 6.22. The molecule has 0 radical (unpaired) electrons. The highest BCUT2D eigenvalue weighted by Gasteiger charge is 2.40. The Morgan fingerprint density at radius 3 is 2.44 bits per heavy atom. The van der Waals surface area contributed by atoms with Gasteiger partial charge in [-0.25, -0.2) is 0 Å². The Balaban J connectivity index is 2.54. The van der Waals surface area contributed by atoms with Crippen molar-refractivity contribution in [2.75, 3.05) is 6.61 Å². The molecule has 0 unspecified atom stereocenters. The first-order valence-corrected chi connectivity index (χ1v) is 9.07. The Kier molecular flexibility index (Phi) is 4.38. The van der Waals surface area contributed by atoms with Crippen LogP contribution >= 0.6 is 0 Å². The van der Waals surface area contributed by atoms with Crippen molar-refractivity contribution in [3.63, 3.8) is 0 Å². The Labute approximate surface area is 101 Å². The Morgan fingerprint density at radius 2 is 2.06 bits per heavy atom. The number of rotatable bonds is 6. The molecule has 94 valence electrons. The second kappa shape index (κ2) is 5.03. The van der Waals surface area contributed by atoms with Gasteiger partial charge < -0.3 is 9.16 Å². The van der Waals surface area contributed by atoms with E-state index in [9.17, 15) is 0 Å². The van der Waals surface area contributed by atoms with E-state index in [1.165, 1.54) is 0 Å². The molecular weight excluding hydrogens is 216 g/mol. The van der Waals surface area contributed by atoms with Gasteiger partial charge in [-0.15, -0.1) is 6.58 Å². The van der Waals surface area contributed by atoms with E-state index >= 15 is 0 Å². The van der Waals surface area contributed by atoms with E-state index in [1.54, 1.807) is 0 Å². The first-order chi connectivity index (χ1) is 7.26. The molecule has 0 amide bonds. The van der Waals surface area contributed by atoms with Crippen molar-refractivity contribution in [3.05, 3.63) is 12.7 Å². The molecule has 3 heteroatoms. The van der Waals surface area contributed by atoms with Crippen LogP contribution in [0.1, 0.15) is 33.6 Å². The van der Waals surface area contributed by atoms with E-state index in [0.717, 1.165) is 19.4 Å². The Morgan fingerprint density at radius 1 is 1.50 bits per heavy atom. The van der Waals surface area contributed by atoms with Crippen molar-refractivity contribution in [1.82, 2.24) is 0 Å². The van der Waals surface area contributed by atoms with Gasteiger partial charge in [0.15, 0.2) is 8.32 Å². The van der Waals surface area contributed by atoms with Crippen LogP contribution in [0.15, 0.2) is 12.7 Å². The quantitative estimate of drug-likeness (QED) is 0.402. The van der Waals surface area contributed by atoms with Crippen molar-refractivity contribution < 1.29 is 9.16 Å². The normalized spacial score (nSPS) is 22.9. The zero-order valence-electron chi connectivity index (χ0n) is 11.4. The van der Waals surface area contributed by atoms with Gasteiger partial charge in [0.2, 0.25) is 0 Å². The molecule has 0 aromatic heterocycles. The number of hydrogen-bond acceptors (Lipinski definition) is 2. The lowest BCUT2D eigenvalue weighted by Gasteiger charge is -2.39. The molecule has 0 aromatic rings. The third-order valence-electron chi connectivity index (χ3n) is 3.63. The average Bonchev–Trinajstić information content (AvgIpc) is 2.85. The summed E-state index contributed by atoms with van der Waals surface area (Å²) in [5.74, 6) is 0. The number of epoxide rings is 1. The van der Waals surface area contributed by atoms with Crippen molar-refractivity contribution in [2.24, 2.45) is 0 Å². The molecule has 1 rings (SSSR count). The largest absolute Gasteiger partial charge is 0.414 e. The maximum atomic E-state index is 6.38. The molecule has 1 aliphatic heterocycles. The molecule has 0 N–H and O–H groups in total. The van der Waals surface area contributed by atoms with Crippen molar-refractivity contribution in [1.29, 1.82) is 0 Å². The summed E-state index contributed by atoms with van der Waals surface area (Å²) >= 11 is 0. The highest BCUT2D eigenvalue weighted by atomic mass is 28.4. The second-order valence-corrected chi connectivity index (χ2v) is 11.0. The summed E-state index contributed by atoms with van der Waals surface area (Å²) in [4.78, 5) is 0. The first-order valence-electron chi connectivity index (χ1n) is 6.16. The van der Waals surface area contributed by atoms with Crippen LogP contribution in [0.25, 0.3) is 0 Å². The fourth-order valence-corrected chi connectivity index (χ4v) is 2.85. The minimum atomic E-state index is -1.65. The van der Waals surface area contributed by atoms with Gasteiger partial charge in [-0.05, 0) is 24.6 Å². The monoisotopic (exact) mass is 242 g/mol. The lowest BCUT2D eigenvalue weighted by molar-refractivity contribution is 0.161. The van der Waals surface area contributed by atoms with Gasteiger partial charge in [0, 0.05) is 6.42 Å². The SMILES string of the molecule is C=CC[C@@H](C[C@H]1CO1)O[Si](C)(C)C(C)(C)C. The van der Waals surface area contributed by atoms with E-state index in [1.807, 2.05) is 6.08 Å². The molecular formula is C13H26O2Si. The van der Waals surface area contributed by atoms with Gasteiger partial charge in [-0.1, -0.05) is 26.8 Å². The van der Waals surface area contributed by atoms with E-state index in [2.05, 4.69) is 40.4 Å². The van der Waals surface area contributed by atoms with E-state index < -0.39 is 8.32 Å². The van der Waals surface area contributed by atoms with Crippen LogP contribution in [0.4, 0.5) is 0 Å².